The first-order valence-corrected chi connectivity index (χ1v) is 9.02. The third-order valence-corrected chi connectivity index (χ3v) is 5.35. The summed E-state index contributed by atoms with van der Waals surface area (Å²) in [5, 5.41) is 10.9. The van der Waals surface area contributed by atoms with E-state index in [0.717, 1.165) is 10.3 Å². The first-order valence-electron chi connectivity index (χ1n) is 8.14. The molecule has 5 nitrogen and oxygen atoms in total. The minimum Gasteiger partial charge on any atom is -0.505 e. The maximum Gasteiger partial charge on any atom is 0.148 e. The molecule has 4 rings (SSSR count). The monoisotopic (exact) mass is 359 g/mol. The number of rotatable bonds is 3. The van der Waals surface area contributed by atoms with Crippen LogP contribution in [0.4, 0.5) is 4.39 Å². The maximum absolute atomic E-state index is 14.6. The van der Waals surface area contributed by atoms with Crippen molar-refractivity contribution in [2.75, 3.05) is 26.3 Å². The molecule has 1 N–H and O–H groups in total. The molecule has 0 radical (unpaired) electrons. The van der Waals surface area contributed by atoms with Crippen molar-refractivity contribution in [3.63, 3.8) is 0 Å². The van der Waals surface area contributed by atoms with E-state index in [2.05, 4.69) is 14.9 Å². The van der Waals surface area contributed by atoms with Gasteiger partial charge in [0.1, 0.15) is 17.1 Å². The number of morpholine rings is 1. The summed E-state index contributed by atoms with van der Waals surface area (Å²) in [6.45, 7) is 4.37. The van der Waals surface area contributed by atoms with Crippen LogP contribution in [0.2, 0.25) is 0 Å². The minimum absolute atomic E-state index is 0.109. The van der Waals surface area contributed by atoms with Crippen molar-refractivity contribution >= 4 is 21.6 Å². The van der Waals surface area contributed by atoms with Crippen LogP contribution >= 0.6 is 11.3 Å². The molecule has 3 aromatic rings. The Morgan fingerprint density at radius 2 is 2.12 bits per heavy atom. The lowest BCUT2D eigenvalue weighted by molar-refractivity contribution is 0.0221. The van der Waals surface area contributed by atoms with Gasteiger partial charge in [0.25, 0.3) is 0 Å². The second kappa shape index (κ2) is 6.67. The van der Waals surface area contributed by atoms with Gasteiger partial charge in [-0.1, -0.05) is 0 Å². The number of nitrogens with zero attached hydrogens (tertiary/aromatic N) is 3. The lowest BCUT2D eigenvalue weighted by Crippen LogP contribution is -2.40. The highest BCUT2D eigenvalue weighted by Gasteiger charge is 2.32. The largest absolute Gasteiger partial charge is 0.505 e. The Labute approximate surface area is 148 Å². The van der Waals surface area contributed by atoms with Gasteiger partial charge in [0.15, 0.2) is 0 Å². The van der Waals surface area contributed by atoms with Gasteiger partial charge in [-0.3, -0.25) is 9.88 Å². The number of phenolic OH excluding ortho intramolecular Hbond substituents is 1. The predicted octanol–water partition coefficient (Wildman–Crippen LogP) is 3.27. The van der Waals surface area contributed by atoms with E-state index in [9.17, 15) is 9.50 Å². The molecule has 130 valence electrons. The van der Waals surface area contributed by atoms with Crippen LogP contribution in [0.1, 0.15) is 22.9 Å². The van der Waals surface area contributed by atoms with Crippen molar-refractivity contribution in [1.29, 1.82) is 0 Å². The standard InChI is InChI=1S/C18H18FN3O2S/c1-11-9-13-16(21-10-25-13)18(23)14(11)17(22-5-7-24-8-6-22)15-12(19)3-2-4-20-15/h2-4,9-10,17,23H,5-8H2,1H3. The van der Waals surface area contributed by atoms with Crippen LogP contribution in [0.15, 0.2) is 29.9 Å². The van der Waals surface area contributed by atoms with Crippen LogP contribution in [0.5, 0.6) is 5.75 Å². The second-order valence-corrected chi connectivity index (χ2v) is 6.96. The van der Waals surface area contributed by atoms with Crippen LogP contribution in [0.25, 0.3) is 10.2 Å². The first-order chi connectivity index (χ1) is 12.2. The molecular formula is C18H18FN3O2S. The van der Waals surface area contributed by atoms with Crippen molar-refractivity contribution in [2.24, 2.45) is 0 Å². The fourth-order valence-electron chi connectivity index (χ4n) is 3.40. The predicted molar refractivity (Wildman–Crippen MR) is 94.5 cm³/mol. The molecule has 3 heterocycles. The minimum atomic E-state index is -0.476. The molecule has 0 spiro atoms. The van der Waals surface area contributed by atoms with E-state index >= 15 is 0 Å². The van der Waals surface area contributed by atoms with Crippen molar-refractivity contribution in [3.8, 4) is 5.75 Å². The Balaban J connectivity index is 1.93. The molecule has 1 unspecified atom stereocenters. The quantitative estimate of drug-likeness (QED) is 0.778. The summed E-state index contributed by atoms with van der Waals surface area (Å²) in [6, 6.07) is 4.50. The highest BCUT2D eigenvalue weighted by molar-refractivity contribution is 7.16. The summed E-state index contributed by atoms with van der Waals surface area (Å²) in [5.74, 6) is -0.269. The van der Waals surface area contributed by atoms with Gasteiger partial charge >= 0.3 is 0 Å². The number of hydrogen-bond donors (Lipinski definition) is 1. The first kappa shape index (κ1) is 16.4. The number of ether oxygens (including phenoxy) is 1. The highest BCUT2D eigenvalue weighted by Crippen LogP contribution is 2.41. The zero-order valence-corrected chi connectivity index (χ0v) is 14.6. The van der Waals surface area contributed by atoms with E-state index in [0.29, 0.717) is 43.1 Å². The van der Waals surface area contributed by atoms with Crippen molar-refractivity contribution < 1.29 is 14.2 Å². The Morgan fingerprint density at radius 1 is 1.32 bits per heavy atom. The van der Waals surface area contributed by atoms with E-state index in [-0.39, 0.29) is 11.6 Å². The van der Waals surface area contributed by atoms with Gasteiger partial charge in [-0.2, -0.15) is 0 Å². The van der Waals surface area contributed by atoms with Crippen molar-refractivity contribution in [1.82, 2.24) is 14.9 Å². The number of hydrogen-bond acceptors (Lipinski definition) is 6. The number of aromatic hydroxyl groups is 1. The summed E-state index contributed by atoms with van der Waals surface area (Å²) in [4.78, 5) is 10.7. The Bertz CT molecular complexity index is 908. The highest BCUT2D eigenvalue weighted by atomic mass is 32.1. The summed E-state index contributed by atoms with van der Waals surface area (Å²) < 4.78 is 20.9. The van der Waals surface area contributed by atoms with E-state index in [1.165, 1.54) is 17.4 Å². The van der Waals surface area contributed by atoms with E-state index in [1.54, 1.807) is 17.8 Å². The molecule has 25 heavy (non-hydrogen) atoms. The van der Waals surface area contributed by atoms with Gasteiger partial charge in [-0.25, -0.2) is 9.37 Å². The van der Waals surface area contributed by atoms with Crippen LogP contribution in [0, 0.1) is 12.7 Å². The molecular weight excluding hydrogens is 341 g/mol. The fourth-order valence-corrected chi connectivity index (χ4v) is 4.17. The lowest BCUT2D eigenvalue weighted by atomic mass is 9.94. The number of aryl methyl sites for hydroxylation is 1. The molecule has 0 bridgehead atoms. The van der Waals surface area contributed by atoms with Crippen LogP contribution in [-0.4, -0.2) is 46.3 Å². The molecule has 0 amide bonds. The molecule has 0 aliphatic carbocycles. The third-order valence-electron chi connectivity index (χ3n) is 4.58. The van der Waals surface area contributed by atoms with Crippen molar-refractivity contribution in [2.45, 2.75) is 13.0 Å². The maximum atomic E-state index is 14.6. The molecule has 1 fully saturated rings. The van der Waals surface area contributed by atoms with Crippen LogP contribution in [0.3, 0.4) is 0 Å². The van der Waals surface area contributed by atoms with Gasteiger partial charge in [0, 0.05) is 24.8 Å². The molecule has 0 saturated carbocycles. The normalized spacial score (nSPS) is 17.0. The smallest absolute Gasteiger partial charge is 0.148 e. The number of fused-ring (bicyclic) bond motifs is 1. The lowest BCUT2D eigenvalue weighted by Gasteiger charge is -2.35. The third kappa shape index (κ3) is 2.88. The molecule has 7 heteroatoms. The van der Waals surface area contributed by atoms with Gasteiger partial charge < -0.3 is 9.84 Å². The summed E-state index contributed by atoms with van der Waals surface area (Å²) in [5.41, 5.74) is 4.14. The summed E-state index contributed by atoms with van der Waals surface area (Å²) in [6.07, 6.45) is 1.58. The Hall–Kier alpha value is -2.09. The molecule has 1 aromatic carbocycles. The fraction of sp³-hybridized carbons (Fsp3) is 0.333. The molecule has 2 aromatic heterocycles. The summed E-state index contributed by atoms with van der Waals surface area (Å²) >= 11 is 1.48. The average Bonchev–Trinajstić information content (AvgIpc) is 3.09. The zero-order valence-electron chi connectivity index (χ0n) is 13.8. The molecule has 1 saturated heterocycles. The number of benzene rings is 1. The number of halogens is 1. The number of phenols is 1. The zero-order chi connectivity index (χ0) is 17.4. The number of thiazole rings is 1. The second-order valence-electron chi connectivity index (χ2n) is 6.08. The van der Waals surface area contributed by atoms with Gasteiger partial charge in [0.05, 0.1) is 35.2 Å². The Morgan fingerprint density at radius 3 is 2.88 bits per heavy atom. The summed E-state index contributed by atoms with van der Waals surface area (Å²) in [7, 11) is 0. The van der Waals surface area contributed by atoms with Gasteiger partial charge in [-0.15, -0.1) is 11.3 Å². The number of aromatic nitrogens is 2. The van der Waals surface area contributed by atoms with E-state index in [4.69, 9.17) is 4.74 Å². The molecule has 1 aliphatic rings. The van der Waals surface area contributed by atoms with Gasteiger partial charge in [0.2, 0.25) is 0 Å². The van der Waals surface area contributed by atoms with E-state index < -0.39 is 6.04 Å². The van der Waals surface area contributed by atoms with Crippen molar-refractivity contribution in [3.05, 3.63) is 52.5 Å². The SMILES string of the molecule is Cc1cc2scnc2c(O)c1C(c1ncccc1F)N1CCOCC1. The van der Waals surface area contributed by atoms with Crippen LogP contribution in [-0.2, 0) is 4.74 Å². The van der Waals surface area contributed by atoms with Crippen LogP contribution < -0.4 is 0 Å². The number of pyridine rings is 1. The molecule has 1 aliphatic heterocycles. The average molecular weight is 359 g/mol. The van der Waals surface area contributed by atoms with Gasteiger partial charge in [-0.05, 0) is 30.7 Å². The topological polar surface area (TPSA) is 58.5 Å². The molecule has 1 atom stereocenters. The van der Waals surface area contributed by atoms with E-state index in [1.807, 2.05) is 13.0 Å². The Kier molecular flexibility index (Phi) is 4.37.